The zero-order valence-electron chi connectivity index (χ0n) is 7.97. The van der Waals surface area contributed by atoms with Crippen molar-refractivity contribution in [2.24, 2.45) is 4.99 Å². The van der Waals surface area contributed by atoms with Crippen LogP contribution in [-0.2, 0) is 0 Å². The fourth-order valence-corrected chi connectivity index (χ4v) is 1.57. The summed E-state index contributed by atoms with van der Waals surface area (Å²) in [4.78, 5) is 4.36. The fraction of sp³-hybridized carbons (Fsp3) is 0.889. The van der Waals surface area contributed by atoms with Crippen LogP contribution in [-0.4, -0.2) is 30.4 Å². The zero-order chi connectivity index (χ0) is 8.81. The van der Waals surface area contributed by atoms with Gasteiger partial charge in [0.15, 0.2) is 0 Å². The number of nitrogens with zero attached hydrogens (tertiary/aromatic N) is 1. The van der Waals surface area contributed by atoms with E-state index >= 15 is 0 Å². The smallest absolute Gasteiger partial charge is 0.0963 e. The lowest BCUT2D eigenvalue weighted by Gasteiger charge is -2.09. The molecule has 1 atom stereocenters. The summed E-state index contributed by atoms with van der Waals surface area (Å²) in [5.41, 5.74) is 0. The monoisotopic (exact) mass is 186 g/mol. The molecule has 2 nitrogen and oxygen atoms in total. The highest BCUT2D eigenvalue weighted by molar-refractivity contribution is 7.99. The molecule has 1 N–H and O–H groups in total. The van der Waals surface area contributed by atoms with Gasteiger partial charge in [-0.05, 0) is 19.1 Å². The minimum atomic E-state index is 0.763. The van der Waals surface area contributed by atoms with Crippen LogP contribution in [0.15, 0.2) is 4.99 Å². The lowest BCUT2D eigenvalue weighted by atomic mass is 10.3. The molecule has 0 aromatic carbocycles. The van der Waals surface area contributed by atoms with E-state index < -0.39 is 0 Å². The van der Waals surface area contributed by atoms with Gasteiger partial charge in [-0.25, -0.2) is 0 Å². The first-order chi connectivity index (χ1) is 5.83. The van der Waals surface area contributed by atoms with Crippen molar-refractivity contribution in [2.45, 2.75) is 31.4 Å². The predicted octanol–water partition coefficient (Wildman–Crippen LogP) is 1.91. The number of thioether (sulfide) groups is 1. The highest BCUT2D eigenvalue weighted by Crippen LogP contribution is 2.08. The van der Waals surface area contributed by atoms with Crippen LogP contribution in [0.4, 0.5) is 0 Å². The molecule has 0 aromatic heterocycles. The minimum absolute atomic E-state index is 0.763. The summed E-state index contributed by atoms with van der Waals surface area (Å²) in [6.45, 7) is 4.38. The van der Waals surface area contributed by atoms with Crippen molar-refractivity contribution in [1.29, 1.82) is 0 Å². The maximum absolute atomic E-state index is 4.36. The minimum Gasteiger partial charge on any atom is -0.374 e. The Morgan fingerprint density at radius 1 is 1.67 bits per heavy atom. The summed E-state index contributed by atoms with van der Waals surface area (Å²) in [5.74, 6) is 1.23. The van der Waals surface area contributed by atoms with Crippen molar-refractivity contribution < 1.29 is 0 Å². The van der Waals surface area contributed by atoms with Crippen molar-refractivity contribution >= 4 is 17.6 Å². The van der Waals surface area contributed by atoms with Gasteiger partial charge in [0.1, 0.15) is 0 Å². The first kappa shape index (κ1) is 9.90. The number of rotatable bonds is 4. The van der Waals surface area contributed by atoms with Crippen LogP contribution < -0.4 is 5.32 Å². The third-order valence-corrected chi connectivity index (χ3v) is 3.20. The first-order valence-corrected chi connectivity index (χ1v) is 5.91. The number of nitrogens with one attached hydrogen (secondary N) is 1. The lowest BCUT2D eigenvalue weighted by Crippen LogP contribution is -2.24. The lowest BCUT2D eigenvalue weighted by molar-refractivity contribution is 0.762. The van der Waals surface area contributed by atoms with Gasteiger partial charge in [-0.15, -0.1) is 0 Å². The largest absolute Gasteiger partial charge is 0.374 e. The Bertz CT molecular complexity index is 157. The van der Waals surface area contributed by atoms with E-state index in [1.165, 1.54) is 18.7 Å². The van der Waals surface area contributed by atoms with E-state index in [0.717, 1.165) is 24.8 Å². The van der Waals surface area contributed by atoms with E-state index in [4.69, 9.17) is 0 Å². The third-order valence-electron chi connectivity index (χ3n) is 2.16. The second kappa shape index (κ2) is 5.46. The molecule has 0 saturated carbocycles. The predicted molar refractivity (Wildman–Crippen MR) is 57.1 cm³/mol. The molecule has 0 saturated heterocycles. The molecular weight excluding hydrogens is 168 g/mol. The van der Waals surface area contributed by atoms with Gasteiger partial charge in [0.25, 0.3) is 0 Å². The molecule has 0 bridgehead atoms. The Labute approximate surface area is 79.2 Å². The van der Waals surface area contributed by atoms with Crippen LogP contribution in [0.2, 0.25) is 0 Å². The van der Waals surface area contributed by atoms with Crippen LogP contribution in [0, 0.1) is 0 Å². The normalized spacial score (nSPS) is 19.0. The van der Waals surface area contributed by atoms with Gasteiger partial charge < -0.3 is 5.32 Å². The summed E-state index contributed by atoms with van der Waals surface area (Å²) in [7, 11) is 0. The second-order valence-corrected chi connectivity index (χ2v) is 4.47. The van der Waals surface area contributed by atoms with Gasteiger partial charge in [-0.1, -0.05) is 6.92 Å². The van der Waals surface area contributed by atoms with Gasteiger partial charge in [-0.2, -0.15) is 11.8 Å². The molecule has 0 aliphatic carbocycles. The van der Waals surface area contributed by atoms with Gasteiger partial charge in [-0.3, -0.25) is 4.99 Å². The van der Waals surface area contributed by atoms with Crippen LogP contribution in [0.5, 0.6) is 0 Å². The molecule has 0 aromatic rings. The van der Waals surface area contributed by atoms with Gasteiger partial charge in [0.2, 0.25) is 0 Å². The average Bonchev–Trinajstić information content (AvgIpc) is 2.57. The Morgan fingerprint density at radius 2 is 2.50 bits per heavy atom. The summed E-state index contributed by atoms with van der Waals surface area (Å²) in [6.07, 6.45) is 5.80. The van der Waals surface area contributed by atoms with E-state index in [9.17, 15) is 0 Å². The number of amidine groups is 1. The number of aliphatic imine (C=N–C) groups is 1. The maximum atomic E-state index is 4.36. The van der Waals surface area contributed by atoms with Gasteiger partial charge in [0.05, 0.1) is 5.84 Å². The molecule has 0 fully saturated rings. The first-order valence-electron chi connectivity index (χ1n) is 4.63. The molecule has 1 rings (SSSR count). The molecule has 1 unspecified atom stereocenters. The summed E-state index contributed by atoms with van der Waals surface area (Å²) >= 11 is 1.93. The molecule has 1 heterocycles. The van der Waals surface area contributed by atoms with Crippen LogP contribution >= 0.6 is 11.8 Å². The second-order valence-electron chi connectivity index (χ2n) is 3.19. The van der Waals surface area contributed by atoms with E-state index in [0.29, 0.717) is 0 Å². The molecule has 1 aliphatic heterocycles. The quantitative estimate of drug-likeness (QED) is 0.725. The van der Waals surface area contributed by atoms with Crippen molar-refractivity contribution in [1.82, 2.24) is 5.32 Å². The molecule has 0 spiro atoms. The number of hydrogen-bond donors (Lipinski definition) is 1. The standard InChI is InChI=1S/C9H18N2S/c1-8(12-2)5-7-11-9-4-3-6-10-9/h8H,3-7H2,1-2H3,(H,10,11). The summed E-state index contributed by atoms with van der Waals surface area (Å²) in [5, 5.41) is 4.15. The molecule has 1 aliphatic rings. The zero-order valence-corrected chi connectivity index (χ0v) is 8.78. The van der Waals surface area contributed by atoms with Crippen LogP contribution in [0.1, 0.15) is 26.2 Å². The van der Waals surface area contributed by atoms with Crippen molar-refractivity contribution in [3.63, 3.8) is 0 Å². The fourth-order valence-electron chi connectivity index (χ4n) is 1.22. The molecule has 70 valence electrons. The SMILES string of the molecule is CSC(C)CCNC1=NCCC1. The van der Waals surface area contributed by atoms with Crippen molar-refractivity contribution in [3.8, 4) is 0 Å². The summed E-state index contributed by atoms with van der Waals surface area (Å²) < 4.78 is 0. The maximum Gasteiger partial charge on any atom is 0.0963 e. The Balaban J connectivity index is 2.01. The molecule has 0 amide bonds. The number of hydrogen-bond acceptors (Lipinski definition) is 3. The average molecular weight is 186 g/mol. The van der Waals surface area contributed by atoms with E-state index in [2.05, 4.69) is 23.5 Å². The summed E-state index contributed by atoms with van der Waals surface area (Å²) in [6, 6.07) is 0. The van der Waals surface area contributed by atoms with Crippen molar-refractivity contribution in [2.75, 3.05) is 19.3 Å². The Hall–Kier alpha value is -0.180. The molecule has 3 heteroatoms. The Morgan fingerprint density at radius 3 is 3.08 bits per heavy atom. The van der Waals surface area contributed by atoms with Gasteiger partial charge >= 0.3 is 0 Å². The molecule has 12 heavy (non-hydrogen) atoms. The highest BCUT2D eigenvalue weighted by Gasteiger charge is 2.05. The third kappa shape index (κ3) is 3.48. The van der Waals surface area contributed by atoms with Crippen molar-refractivity contribution in [3.05, 3.63) is 0 Å². The molecule has 0 radical (unpaired) electrons. The van der Waals surface area contributed by atoms with Crippen LogP contribution in [0.25, 0.3) is 0 Å². The Kier molecular flexibility index (Phi) is 4.51. The van der Waals surface area contributed by atoms with Crippen LogP contribution in [0.3, 0.4) is 0 Å². The van der Waals surface area contributed by atoms with E-state index in [1.54, 1.807) is 0 Å². The molecular formula is C9H18N2S. The van der Waals surface area contributed by atoms with E-state index in [1.807, 2.05) is 11.8 Å². The topological polar surface area (TPSA) is 24.4 Å². The van der Waals surface area contributed by atoms with E-state index in [-0.39, 0.29) is 0 Å². The van der Waals surface area contributed by atoms with Gasteiger partial charge in [0, 0.05) is 24.8 Å². The highest BCUT2D eigenvalue weighted by atomic mass is 32.2.